The molecule has 1 fully saturated rings. The highest BCUT2D eigenvalue weighted by molar-refractivity contribution is 5.78. The van der Waals surface area contributed by atoms with Gasteiger partial charge in [0.25, 0.3) is 0 Å². The molecule has 9 nitrogen and oxygen atoms in total. The second-order valence-electron chi connectivity index (χ2n) is 7.70. The van der Waals surface area contributed by atoms with Crippen LogP contribution in [-0.2, 0) is 29.1 Å². The molecule has 0 aliphatic carbocycles. The molecule has 1 aromatic rings. The summed E-state index contributed by atoms with van der Waals surface area (Å²) in [5.74, 6) is 0.721. The molecule has 150 valence electrons. The van der Waals surface area contributed by atoms with Gasteiger partial charge in [-0.3, -0.25) is 19.1 Å². The molecule has 1 saturated heterocycles. The number of amides is 2. The normalized spacial score (nSPS) is 18.3. The van der Waals surface area contributed by atoms with Crippen molar-refractivity contribution in [2.24, 2.45) is 0 Å². The Hall–Kier alpha value is -2.16. The van der Waals surface area contributed by atoms with E-state index in [2.05, 4.69) is 10.4 Å². The SMILES string of the molecule is CC(C)NC(=O)CN1CCN(C(=O)Cn2nc3n(c2=O)CCCCC3)CC1. The molecule has 0 radical (unpaired) electrons. The highest BCUT2D eigenvalue weighted by Crippen LogP contribution is 2.10. The van der Waals surface area contributed by atoms with Gasteiger partial charge in [0.05, 0.1) is 6.54 Å². The lowest BCUT2D eigenvalue weighted by Gasteiger charge is -2.34. The van der Waals surface area contributed by atoms with Gasteiger partial charge in [-0.15, -0.1) is 0 Å². The van der Waals surface area contributed by atoms with Crippen LogP contribution in [0.5, 0.6) is 0 Å². The Morgan fingerprint density at radius 2 is 1.78 bits per heavy atom. The van der Waals surface area contributed by atoms with Gasteiger partial charge in [0.1, 0.15) is 12.4 Å². The molecule has 2 amide bonds. The second kappa shape index (κ2) is 8.69. The Morgan fingerprint density at radius 1 is 1.04 bits per heavy atom. The third-order valence-electron chi connectivity index (χ3n) is 5.11. The molecule has 0 aromatic carbocycles. The van der Waals surface area contributed by atoms with Gasteiger partial charge in [-0.2, -0.15) is 5.10 Å². The number of aryl methyl sites for hydroxylation is 1. The minimum Gasteiger partial charge on any atom is -0.353 e. The van der Waals surface area contributed by atoms with Crippen LogP contribution in [0.15, 0.2) is 4.79 Å². The molecule has 2 aliphatic rings. The number of carbonyl (C=O) groups excluding carboxylic acids is 2. The molecule has 1 N–H and O–H groups in total. The molecule has 0 bridgehead atoms. The van der Waals surface area contributed by atoms with Crippen molar-refractivity contribution >= 4 is 11.8 Å². The smallest absolute Gasteiger partial charge is 0.346 e. The van der Waals surface area contributed by atoms with E-state index in [1.165, 1.54) is 4.68 Å². The van der Waals surface area contributed by atoms with Crippen LogP contribution in [0.3, 0.4) is 0 Å². The van der Waals surface area contributed by atoms with Crippen molar-refractivity contribution in [3.8, 4) is 0 Å². The number of nitrogens with zero attached hydrogens (tertiary/aromatic N) is 5. The van der Waals surface area contributed by atoms with Crippen molar-refractivity contribution in [3.63, 3.8) is 0 Å². The van der Waals surface area contributed by atoms with Gasteiger partial charge in [0, 0.05) is 45.2 Å². The predicted octanol–water partition coefficient (Wildman–Crippen LogP) is -0.560. The lowest BCUT2D eigenvalue weighted by Crippen LogP contribution is -2.52. The Kier molecular flexibility index (Phi) is 6.30. The molecule has 0 atom stereocenters. The van der Waals surface area contributed by atoms with Crippen molar-refractivity contribution < 1.29 is 9.59 Å². The third kappa shape index (κ3) is 4.97. The first-order valence-electron chi connectivity index (χ1n) is 9.90. The summed E-state index contributed by atoms with van der Waals surface area (Å²) in [4.78, 5) is 40.7. The molecular weight excluding hydrogens is 348 g/mol. The Morgan fingerprint density at radius 3 is 2.48 bits per heavy atom. The standard InChI is InChI=1S/C18H30N6O3/c1-14(2)19-16(25)12-21-8-10-22(11-9-21)17(26)13-24-18(27)23-7-5-3-4-6-15(23)20-24/h14H,3-13H2,1-2H3,(H,19,25). The molecule has 0 unspecified atom stereocenters. The largest absolute Gasteiger partial charge is 0.353 e. The van der Waals surface area contributed by atoms with Gasteiger partial charge < -0.3 is 10.2 Å². The van der Waals surface area contributed by atoms with Crippen LogP contribution in [0, 0.1) is 0 Å². The highest BCUT2D eigenvalue weighted by atomic mass is 16.2. The molecule has 3 heterocycles. The van der Waals surface area contributed by atoms with E-state index in [9.17, 15) is 14.4 Å². The lowest BCUT2D eigenvalue weighted by atomic mass is 10.2. The summed E-state index contributed by atoms with van der Waals surface area (Å²) in [5.41, 5.74) is -0.177. The van der Waals surface area contributed by atoms with E-state index in [-0.39, 0.29) is 30.1 Å². The Labute approximate surface area is 159 Å². The van der Waals surface area contributed by atoms with Crippen molar-refractivity contribution in [3.05, 3.63) is 16.3 Å². The quantitative estimate of drug-likeness (QED) is 0.742. The number of nitrogens with one attached hydrogen (secondary N) is 1. The summed E-state index contributed by atoms with van der Waals surface area (Å²) in [6.45, 7) is 7.36. The lowest BCUT2D eigenvalue weighted by molar-refractivity contribution is -0.134. The number of piperazine rings is 1. The fourth-order valence-corrected chi connectivity index (χ4v) is 3.68. The van der Waals surface area contributed by atoms with Gasteiger partial charge in [0.15, 0.2) is 0 Å². The molecule has 2 aliphatic heterocycles. The van der Waals surface area contributed by atoms with Crippen LogP contribution in [0.1, 0.15) is 38.9 Å². The molecule has 27 heavy (non-hydrogen) atoms. The number of hydrogen-bond donors (Lipinski definition) is 1. The zero-order valence-corrected chi connectivity index (χ0v) is 16.3. The average Bonchev–Trinajstić information content (AvgIpc) is 2.78. The van der Waals surface area contributed by atoms with Gasteiger partial charge in [-0.25, -0.2) is 9.48 Å². The van der Waals surface area contributed by atoms with Crippen LogP contribution >= 0.6 is 0 Å². The van der Waals surface area contributed by atoms with Gasteiger partial charge in [0.2, 0.25) is 11.8 Å². The summed E-state index contributed by atoms with van der Waals surface area (Å²) >= 11 is 0. The first kappa shape index (κ1) is 19.6. The Balaban J connectivity index is 1.52. The third-order valence-corrected chi connectivity index (χ3v) is 5.11. The minimum atomic E-state index is -0.177. The highest BCUT2D eigenvalue weighted by Gasteiger charge is 2.24. The summed E-state index contributed by atoms with van der Waals surface area (Å²) in [7, 11) is 0. The van der Waals surface area contributed by atoms with Crippen molar-refractivity contribution in [2.45, 2.75) is 58.7 Å². The minimum absolute atomic E-state index is 0.00727. The maximum Gasteiger partial charge on any atom is 0.346 e. The van der Waals surface area contributed by atoms with Crippen LogP contribution in [0.2, 0.25) is 0 Å². The van der Waals surface area contributed by atoms with Gasteiger partial charge in [-0.05, 0) is 26.7 Å². The van der Waals surface area contributed by atoms with E-state index in [1.807, 2.05) is 18.7 Å². The van der Waals surface area contributed by atoms with Crippen LogP contribution in [-0.4, -0.2) is 74.7 Å². The first-order valence-corrected chi connectivity index (χ1v) is 9.90. The topological polar surface area (TPSA) is 92.5 Å². The monoisotopic (exact) mass is 378 g/mol. The molecule has 9 heteroatoms. The fraction of sp³-hybridized carbons (Fsp3) is 0.778. The van der Waals surface area contributed by atoms with E-state index < -0.39 is 0 Å². The maximum atomic E-state index is 12.6. The zero-order chi connectivity index (χ0) is 19.4. The molecule has 0 saturated carbocycles. The molecule has 3 rings (SSSR count). The van der Waals surface area contributed by atoms with E-state index in [1.54, 1.807) is 9.47 Å². The summed E-state index contributed by atoms with van der Waals surface area (Å²) in [6, 6.07) is 0.128. The maximum absolute atomic E-state index is 12.6. The summed E-state index contributed by atoms with van der Waals surface area (Å²) in [5, 5.41) is 7.26. The van der Waals surface area contributed by atoms with E-state index >= 15 is 0 Å². The van der Waals surface area contributed by atoms with E-state index in [0.29, 0.717) is 39.3 Å². The van der Waals surface area contributed by atoms with E-state index in [4.69, 9.17) is 0 Å². The van der Waals surface area contributed by atoms with Crippen LogP contribution in [0.4, 0.5) is 0 Å². The zero-order valence-electron chi connectivity index (χ0n) is 16.3. The first-order chi connectivity index (χ1) is 12.9. The predicted molar refractivity (Wildman–Crippen MR) is 100 cm³/mol. The Bertz CT molecular complexity index is 730. The van der Waals surface area contributed by atoms with Crippen molar-refractivity contribution in [1.29, 1.82) is 0 Å². The van der Waals surface area contributed by atoms with Crippen LogP contribution < -0.4 is 11.0 Å². The van der Waals surface area contributed by atoms with Crippen molar-refractivity contribution in [2.75, 3.05) is 32.7 Å². The average molecular weight is 378 g/mol. The molecular formula is C18H30N6O3. The summed E-state index contributed by atoms with van der Waals surface area (Å²) in [6.07, 6.45) is 3.93. The molecule has 0 spiro atoms. The van der Waals surface area contributed by atoms with Crippen molar-refractivity contribution in [1.82, 2.24) is 29.5 Å². The number of fused-ring (bicyclic) bond motifs is 1. The van der Waals surface area contributed by atoms with E-state index in [0.717, 1.165) is 31.5 Å². The number of carbonyl (C=O) groups is 2. The number of hydrogen-bond acceptors (Lipinski definition) is 5. The van der Waals surface area contributed by atoms with Crippen LogP contribution in [0.25, 0.3) is 0 Å². The second-order valence-corrected chi connectivity index (χ2v) is 7.70. The number of rotatable bonds is 5. The molecule has 1 aromatic heterocycles. The number of aromatic nitrogens is 3. The van der Waals surface area contributed by atoms with Gasteiger partial charge in [-0.1, -0.05) is 6.42 Å². The summed E-state index contributed by atoms with van der Waals surface area (Å²) < 4.78 is 3.02. The fourth-order valence-electron chi connectivity index (χ4n) is 3.68. The van der Waals surface area contributed by atoms with Gasteiger partial charge >= 0.3 is 5.69 Å².